The van der Waals surface area contributed by atoms with Crippen LogP contribution in [-0.4, -0.2) is 64.0 Å². The Labute approximate surface area is 120 Å². The molecule has 0 unspecified atom stereocenters. The maximum absolute atomic E-state index is 10.1. The highest BCUT2D eigenvalue weighted by Gasteiger charge is 2.15. The molecule has 0 radical (unpaired) electrons. The van der Waals surface area contributed by atoms with Crippen LogP contribution in [0.3, 0.4) is 0 Å². The summed E-state index contributed by atoms with van der Waals surface area (Å²) in [6, 6.07) is -2.30. The van der Waals surface area contributed by atoms with Crippen molar-refractivity contribution in [1.82, 2.24) is 0 Å². The fraction of sp³-hybridized carbons (Fsp3) is 0.667. The third-order valence-corrected chi connectivity index (χ3v) is 2.74. The van der Waals surface area contributed by atoms with Gasteiger partial charge in [-0.05, 0) is 12.8 Å². The van der Waals surface area contributed by atoms with Gasteiger partial charge in [0.2, 0.25) is 0 Å². The Bertz CT molecular complexity index is 462. The molecule has 0 aromatic heterocycles. The monoisotopic (exact) mass is 330 g/mol. The number of aliphatic carboxylic acids is 3. The van der Waals surface area contributed by atoms with E-state index in [9.17, 15) is 22.8 Å². The molecule has 0 aliphatic carbocycles. The van der Waals surface area contributed by atoms with Crippen LogP contribution in [0.1, 0.15) is 19.3 Å². The van der Waals surface area contributed by atoms with Crippen LogP contribution >= 0.6 is 0 Å². The van der Waals surface area contributed by atoms with Crippen molar-refractivity contribution in [2.24, 2.45) is 11.5 Å². The average molecular weight is 330 g/mol. The second-order valence-electron chi connectivity index (χ2n) is 3.90. The van der Waals surface area contributed by atoms with Crippen molar-refractivity contribution in [2.75, 3.05) is 5.75 Å². The minimum Gasteiger partial charge on any atom is -0.481 e. The lowest BCUT2D eigenvalue weighted by Gasteiger charge is -2.02. The maximum Gasteiger partial charge on any atom is 0.320 e. The molecule has 0 aliphatic heterocycles. The first kappa shape index (κ1) is 21.5. The van der Waals surface area contributed by atoms with Crippen LogP contribution in [0.5, 0.6) is 0 Å². The number of hydrogen-bond donors (Lipinski definition) is 6. The van der Waals surface area contributed by atoms with Crippen LogP contribution < -0.4 is 11.5 Å². The Morgan fingerprint density at radius 3 is 1.57 bits per heavy atom. The molecule has 21 heavy (non-hydrogen) atoms. The number of carbonyl (C=O) groups is 3. The van der Waals surface area contributed by atoms with Crippen LogP contribution in [0, 0.1) is 0 Å². The summed E-state index contributed by atoms with van der Waals surface area (Å²) in [5.41, 5.74) is 9.95. The summed E-state index contributed by atoms with van der Waals surface area (Å²) < 4.78 is 28.3. The number of hydrogen-bond acceptors (Lipinski definition) is 7. The topological polar surface area (TPSA) is 218 Å². The summed E-state index contributed by atoms with van der Waals surface area (Å²) in [4.78, 5) is 29.9. The van der Waals surface area contributed by atoms with Crippen molar-refractivity contribution in [2.45, 2.75) is 31.3 Å². The molecule has 0 fully saturated rings. The number of nitrogens with two attached hydrogens (primary N) is 2. The van der Waals surface area contributed by atoms with Crippen LogP contribution in [0.15, 0.2) is 0 Å². The highest BCUT2D eigenvalue weighted by molar-refractivity contribution is 7.85. The predicted molar refractivity (Wildman–Crippen MR) is 69.1 cm³/mol. The van der Waals surface area contributed by atoms with E-state index in [0.29, 0.717) is 0 Å². The molecule has 0 saturated carbocycles. The molecule has 0 heterocycles. The van der Waals surface area contributed by atoms with Gasteiger partial charge in [0.05, 0.1) is 5.75 Å². The molecule has 0 aliphatic rings. The summed E-state index contributed by atoms with van der Waals surface area (Å²) >= 11 is 0. The SMILES string of the molecule is N[C@@H](CCC(=O)O)C(=O)O.N[C@@H](CCS(=O)(=O)O)C(=O)O. The van der Waals surface area contributed by atoms with Gasteiger partial charge >= 0.3 is 17.9 Å². The lowest BCUT2D eigenvalue weighted by atomic mass is 10.2. The Balaban J connectivity index is 0. The Kier molecular flexibility index (Phi) is 10.3. The van der Waals surface area contributed by atoms with Gasteiger partial charge in [0.1, 0.15) is 12.1 Å². The molecule has 0 amide bonds. The Hall–Kier alpha value is -1.76. The molecule has 2 atom stereocenters. The lowest BCUT2D eigenvalue weighted by Crippen LogP contribution is -2.32. The summed E-state index contributed by atoms with van der Waals surface area (Å²) in [5.74, 6) is -4.10. The van der Waals surface area contributed by atoms with Crippen molar-refractivity contribution in [3.05, 3.63) is 0 Å². The van der Waals surface area contributed by atoms with Crippen molar-refractivity contribution in [3.63, 3.8) is 0 Å². The molecule has 11 nitrogen and oxygen atoms in total. The van der Waals surface area contributed by atoms with Gasteiger partial charge in [-0.1, -0.05) is 0 Å². The fourth-order valence-corrected chi connectivity index (χ4v) is 1.35. The molecule has 0 spiro atoms. The van der Waals surface area contributed by atoms with Gasteiger partial charge in [-0.3, -0.25) is 18.9 Å². The van der Waals surface area contributed by atoms with Crippen molar-refractivity contribution >= 4 is 28.0 Å². The third-order valence-electron chi connectivity index (χ3n) is 1.99. The summed E-state index contributed by atoms with van der Waals surface area (Å²) in [5, 5.41) is 24.4. The zero-order valence-corrected chi connectivity index (χ0v) is 11.7. The largest absolute Gasteiger partial charge is 0.481 e. The van der Waals surface area contributed by atoms with Gasteiger partial charge in [-0.2, -0.15) is 8.42 Å². The standard InChI is InChI=1S/C5H9NO4.C4H9NO5S/c6-3(5(9)10)1-2-4(7)8;5-3(4(6)7)1-2-11(8,9)10/h3H,1-2,6H2,(H,7,8)(H,9,10);3H,1-2,5H2,(H,6,7)(H,8,9,10)/t2*3-/m00/s1. The second-order valence-corrected chi connectivity index (χ2v) is 5.47. The van der Waals surface area contributed by atoms with Crippen molar-refractivity contribution in [3.8, 4) is 0 Å². The maximum atomic E-state index is 10.1. The second kappa shape index (κ2) is 10.0. The van der Waals surface area contributed by atoms with Crippen LogP contribution in [0.25, 0.3) is 0 Å². The number of carboxylic acid groups (broad SMARTS) is 3. The molecule has 0 aromatic rings. The first-order chi connectivity index (χ1) is 9.36. The van der Waals surface area contributed by atoms with E-state index >= 15 is 0 Å². The number of carboxylic acids is 3. The number of rotatable bonds is 8. The smallest absolute Gasteiger partial charge is 0.320 e. The normalized spacial score (nSPS) is 13.5. The first-order valence-electron chi connectivity index (χ1n) is 5.50. The minimum absolute atomic E-state index is 0.0231. The van der Waals surface area contributed by atoms with Crippen LogP contribution in [0.2, 0.25) is 0 Å². The molecule has 0 bridgehead atoms. The van der Waals surface area contributed by atoms with E-state index in [0.717, 1.165) is 0 Å². The zero-order valence-electron chi connectivity index (χ0n) is 10.9. The average Bonchev–Trinajstić information content (AvgIpc) is 2.32. The van der Waals surface area contributed by atoms with Gasteiger partial charge in [-0.15, -0.1) is 0 Å². The van der Waals surface area contributed by atoms with Gasteiger partial charge < -0.3 is 26.8 Å². The first-order valence-corrected chi connectivity index (χ1v) is 7.11. The van der Waals surface area contributed by atoms with E-state index in [1.807, 2.05) is 0 Å². The molecular weight excluding hydrogens is 312 g/mol. The van der Waals surface area contributed by atoms with Gasteiger partial charge in [0.15, 0.2) is 0 Å². The molecule has 0 saturated heterocycles. The van der Waals surface area contributed by atoms with E-state index in [1.165, 1.54) is 0 Å². The lowest BCUT2D eigenvalue weighted by molar-refractivity contribution is -0.140. The van der Waals surface area contributed by atoms with E-state index in [-0.39, 0.29) is 19.3 Å². The zero-order chi connectivity index (χ0) is 17.2. The summed E-state index contributed by atoms with van der Waals surface area (Å²) in [7, 11) is -4.10. The van der Waals surface area contributed by atoms with Crippen LogP contribution in [-0.2, 0) is 24.5 Å². The Morgan fingerprint density at radius 2 is 1.29 bits per heavy atom. The summed E-state index contributed by atoms with van der Waals surface area (Å²) in [6.45, 7) is 0. The van der Waals surface area contributed by atoms with E-state index in [2.05, 4.69) is 0 Å². The van der Waals surface area contributed by atoms with Gasteiger partial charge in [0.25, 0.3) is 10.1 Å². The van der Waals surface area contributed by atoms with Crippen LogP contribution in [0.4, 0.5) is 0 Å². The molecule has 0 rings (SSSR count). The quantitative estimate of drug-likeness (QED) is 0.265. The third kappa shape index (κ3) is 16.2. The van der Waals surface area contributed by atoms with Crippen molar-refractivity contribution < 1.29 is 42.7 Å². The molecule has 0 aromatic carbocycles. The van der Waals surface area contributed by atoms with E-state index in [1.54, 1.807) is 0 Å². The molecular formula is C9H18N2O9S. The highest BCUT2D eigenvalue weighted by Crippen LogP contribution is 1.93. The molecule has 8 N–H and O–H groups in total. The fourth-order valence-electron chi connectivity index (χ4n) is 0.802. The summed E-state index contributed by atoms with van der Waals surface area (Å²) in [6.07, 6.45) is -0.508. The van der Waals surface area contributed by atoms with Gasteiger partial charge in [0, 0.05) is 6.42 Å². The molecule has 124 valence electrons. The Morgan fingerprint density at radius 1 is 0.905 bits per heavy atom. The minimum atomic E-state index is -4.10. The molecule has 12 heteroatoms. The van der Waals surface area contributed by atoms with E-state index < -0.39 is 45.9 Å². The van der Waals surface area contributed by atoms with E-state index in [4.69, 9.17) is 31.3 Å². The highest BCUT2D eigenvalue weighted by atomic mass is 32.2. The van der Waals surface area contributed by atoms with Crippen molar-refractivity contribution in [1.29, 1.82) is 0 Å². The van der Waals surface area contributed by atoms with Gasteiger partial charge in [-0.25, -0.2) is 0 Å². The predicted octanol–water partition coefficient (Wildman–Crippen LogP) is -2.06.